The van der Waals surface area contributed by atoms with Crippen molar-refractivity contribution >= 4 is 5.69 Å². The van der Waals surface area contributed by atoms with E-state index in [4.69, 9.17) is 0 Å². The minimum absolute atomic E-state index is 0.102. The van der Waals surface area contributed by atoms with E-state index in [2.05, 4.69) is 5.18 Å². The Bertz CT molecular complexity index is 611. The molecule has 0 N–H and O–H groups in total. The molecule has 15 heavy (non-hydrogen) atoms. The predicted octanol–water partition coefficient (Wildman–Crippen LogP) is 1.49. The van der Waals surface area contributed by atoms with Crippen LogP contribution >= 0.6 is 0 Å². The Morgan fingerprint density at radius 3 is 2.47 bits per heavy atom. The molecule has 2 aromatic carbocycles. The van der Waals surface area contributed by atoms with Crippen LogP contribution in [0, 0.1) is 10.7 Å². The summed E-state index contributed by atoms with van der Waals surface area (Å²) in [7, 11) is 0. The first-order chi connectivity index (χ1) is 7.15. The second kappa shape index (κ2) is 3.20. The van der Waals surface area contributed by atoms with E-state index in [1.807, 2.05) is 0 Å². The summed E-state index contributed by atoms with van der Waals surface area (Å²) < 4.78 is 12.8. The summed E-state index contributed by atoms with van der Waals surface area (Å²) in [6.07, 6.45) is 0. The molecule has 0 amide bonds. The van der Waals surface area contributed by atoms with Gasteiger partial charge in [0.1, 0.15) is 5.82 Å². The summed E-state index contributed by atoms with van der Waals surface area (Å²) in [4.78, 5) is 32.2. The van der Waals surface area contributed by atoms with Crippen LogP contribution in [-0.2, 0) is 0 Å². The van der Waals surface area contributed by atoms with E-state index >= 15 is 0 Å². The molecule has 0 atom stereocenters. The van der Waals surface area contributed by atoms with Crippen LogP contribution in [0.4, 0.5) is 10.1 Å². The van der Waals surface area contributed by atoms with E-state index in [1.165, 1.54) is 18.2 Å². The summed E-state index contributed by atoms with van der Waals surface area (Å²) in [5.74, 6) is -0.544. The number of nitroso groups, excluding NO2 is 1. The van der Waals surface area contributed by atoms with Gasteiger partial charge >= 0.3 is 0 Å². The minimum atomic E-state index is -0.913. The Labute approximate surface area is 82.7 Å². The second-order valence-corrected chi connectivity index (χ2v) is 2.98. The van der Waals surface area contributed by atoms with Crippen LogP contribution < -0.4 is 10.9 Å². The summed E-state index contributed by atoms with van der Waals surface area (Å²) in [5, 5.41) is 2.45. The zero-order valence-electron chi connectivity index (χ0n) is 7.36. The summed E-state index contributed by atoms with van der Waals surface area (Å²) >= 11 is 0. The number of rotatable bonds is 2. The van der Waals surface area contributed by atoms with Gasteiger partial charge in [-0.05, 0) is 22.9 Å². The monoisotopic (exact) mass is 205 g/mol. The molecular weight excluding hydrogens is 201 g/mol. The lowest BCUT2D eigenvalue weighted by Gasteiger charge is -2.04. The van der Waals surface area contributed by atoms with Crippen molar-refractivity contribution in [3.8, 4) is 11.1 Å². The van der Waals surface area contributed by atoms with Crippen molar-refractivity contribution in [2.75, 3.05) is 0 Å². The van der Waals surface area contributed by atoms with Crippen molar-refractivity contribution in [3.63, 3.8) is 0 Å². The first kappa shape index (κ1) is 9.39. The first-order valence-corrected chi connectivity index (χ1v) is 4.07. The number of nitrogens with zero attached hydrogens (tertiary/aromatic N) is 1. The first-order valence-electron chi connectivity index (χ1n) is 4.07. The van der Waals surface area contributed by atoms with Crippen molar-refractivity contribution in [1.82, 2.24) is 0 Å². The zero-order valence-corrected chi connectivity index (χ0v) is 7.36. The third-order valence-corrected chi connectivity index (χ3v) is 2.09. The molecule has 0 aliphatic carbocycles. The second-order valence-electron chi connectivity index (χ2n) is 2.98. The number of benzene rings is 1. The van der Waals surface area contributed by atoms with Gasteiger partial charge in [0.05, 0.1) is 5.56 Å². The van der Waals surface area contributed by atoms with Crippen LogP contribution in [-0.4, -0.2) is 0 Å². The lowest BCUT2D eigenvalue weighted by molar-refractivity contribution is 0.628. The third-order valence-electron chi connectivity index (χ3n) is 2.09. The minimum Gasteiger partial charge on any atom is -0.285 e. The molecule has 0 aliphatic heterocycles. The van der Waals surface area contributed by atoms with Gasteiger partial charge in [-0.3, -0.25) is 9.59 Å². The maximum Gasteiger partial charge on any atom is 0.256 e. The zero-order chi connectivity index (χ0) is 11.0. The molecule has 0 saturated carbocycles. The van der Waals surface area contributed by atoms with E-state index in [0.717, 1.165) is 6.07 Å². The molecule has 0 radical (unpaired) electrons. The van der Waals surface area contributed by atoms with E-state index in [0.29, 0.717) is 0 Å². The highest BCUT2D eigenvalue weighted by molar-refractivity contribution is 5.79. The molecule has 74 valence electrons. The van der Waals surface area contributed by atoms with Gasteiger partial charge in [0, 0.05) is 0 Å². The molecule has 0 aromatic heterocycles. The molecule has 4 nitrogen and oxygen atoms in total. The van der Waals surface area contributed by atoms with E-state index in [1.54, 1.807) is 0 Å². The predicted molar refractivity (Wildman–Crippen MR) is 52.2 cm³/mol. The van der Waals surface area contributed by atoms with Gasteiger partial charge < -0.3 is 0 Å². The van der Waals surface area contributed by atoms with Crippen molar-refractivity contribution in [2.45, 2.75) is 0 Å². The quantitative estimate of drug-likeness (QED) is 0.551. The van der Waals surface area contributed by atoms with Gasteiger partial charge in [0.15, 0.2) is 5.69 Å². The van der Waals surface area contributed by atoms with Crippen LogP contribution in [0.2, 0.25) is 0 Å². The maximum absolute atomic E-state index is 12.8. The molecule has 0 fully saturated rings. The van der Waals surface area contributed by atoms with E-state index in [9.17, 15) is 18.9 Å². The number of halogens is 1. The Hall–Kier alpha value is -2.17. The van der Waals surface area contributed by atoms with Gasteiger partial charge in [-0.1, -0.05) is 12.1 Å². The average Bonchev–Trinajstić information content (AvgIpc) is 2.24. The maximum atomic E-state index is 12.8. The fraction of sp³-hybridized carbons (Fsp3) is 0. The number of hydrogen-bond donors (Lipinski definition) is 0. The summed E-state index contributed by atoms with van der Waals surface area (Å²) in [5.41, 5.74) is -2.03. The van der Waals surface area contributed by atoms with Crippen molar-refractivity contribution in [1.29, 1.82) is 0 Å². The van der Waals surface area contributed by atoms with Crippen LogP contribution in [0.5, 0.6) is 0 Å². The SMILES string of the molecule is O=Nc1c(-c2cccc(F)c2)c(=O)c1=O. The van der Waals surface area contributed by atoms with Gasteiger partial charge in [0.2, 0.25) is 5.43 Å². The molecule has 0 saturated heterocycles. The Balaban J connectivity index is 2.66. The molecule has 5 heteroatoms. The van der Waals surface area contributed by atoms with E-state index in [-0.39, 0.29) is 11.1 Å². The lowest BCUT2D eigenvalue weighted by Crippen LogP contribution is -2.32. The molecule has 0 bridgehead atoms. The normalized spacial score (nSPS) is 10.5. The third kappa shape index (κ3) is 1.28. The molecule has 2 rings (SSSR count). The standard InChI is InChI=1S/C10H4FNO3/c11-6-3-1-2-5(4-6)7-8(12-15)10(14)9(7)13/h1-4H. The van der Waals surface area contributed by atoms with Crippen LogP contribution in [0.1, 0.15) is 0 Å². The van der Waals surface area contributed by atoms with Crippen molar-refractivity contribution < 1.29 is 4.39 Å². The molecular formula is C10H4FNO3. The van der Waals surface area contributed by atoms with Crippen molar-refractivity contribution in [2.24, 2.45) is 5.18 Å². The van der Waals surface area contributed by atoms with Crippen LogP contribution in [0.25, 0.3) is 11.1 Å². The smallest absolute Gasteiger partial charge is 0.256 e. The summed E-state index contributed by atoms with van der Waals surface area (Å²) in [6, 6.07) is 5.10. The van der Waals surface area contributed by atoms with Crippen LogP contribution in [0.15, 0.2) is 39.0 Å². The van der Waals surface area contributed by atoms with E-state index < -0.39 is 22.4 Å². The fourth-order valence-corrected chi connectivity index (χ4v) is 1.38. The Morgan fingerprint density at radius 1 is 1.13 bits per heavy atom. The highest BCUT2D eigenvalue weighted by atomic mass is 19.1. The van der Waals surface area contributed by atoms with Gasteiger partial charge in [-0.2, -0.15) is 0 Å². The lowest BCUT2D eigenvalue weighted by atomic mass is 9.99. The molecule has 0 unspecified atom stereocenters. The Kier molecular flexibility index (Phi) is 2.00. The molecule has 2 aromatic rings. The van der Waals surface area contributed by atoms with Gasteiger partial charge in [-0.25, -0.2) is 4.39 Å². The topological polar surface area (TPSA) is 63.6 Å². The molecule has 0 aliphatic rings. The number of hydrogen-bond acceptors (Lipinski definition) is 4. The highest BCUT2D eigenvalue weighted by Crippen LogP contribution is 2.25. The van der Waals surface area contributed by atoms with Gasteiger partial charge in [-0.15, -0.1) is 4.91 Å². The Morgan fingerprint density at radius 2 is 1.87 bits per heavy atom. The molecule has 0 spiro atoms. The van der Waals surface area contributed by atoms with Gasteiger partial charge in [0.25, 0.3) is 5.43 Å². The fourth-order valence-electron chi connectivity index (χ4n) is 1.38. The average molecular weight is 205 g/mol. The van der Waals surface area contributed by atoms with Crippen LogP contribution in [0.3, 0.4) is 0 Å². The van der Waals surface area contributed by atoms with Crippen molar-refractivity contribution in [3.05, 3.63) is 55.4 Å². The summed E-state index contributed by atoms with van der Waals surface area (Å²) in [6.45, 7) is 0. The highest BCUT2D eigenvalue weighted by Gasteiger charge is 2.23. The largest absolute Gasteiger partial charge is 0.285 e. The molecule has 0 heterocycles.